The Balaban J connectivity index is 1.47. The maximum absolute atomic E-state index is 12.8. The van der Waals surface area contributed by atoms with E-state index in [4.69, 9.17) is 12.2 Å². The number of aromatic nitrogens is 3. The van der Waals surface area contributed by atoms with Crippen molar-refractivity contribution in [2.75, 3.05) is 5.32 Å². The molecule has 1 aromatic heterocycles. The Hall–Kier alpha value is -4.17. The Bertz CT molecular complexity index is 1340. The molecule has 1 heterocycles. The zero-order valence-corrected chi connectivity index (χ0v) is 19.5. The van der Waals surface area contributed by atoms with E-state index >= 15 is 0 Å². The first-order valence-electron chi connectivity index (χ1n) is 10.7. The predicted molar refractivity (Wildman–Crippen MR) is 135 cm³/mol. The monoisotopic (exact) mass is 469 g/mol. The van der Waals surface area contributed by atoms with E-state index in [0.717, 1.165) is 5.56 Å². The van der Waals surface area contributed by atoms with Crippen molar-refractivity contribution >= 4 is 35.0 Å². The number of carbonyl (C=O) groups excluding carboxylic acids is 2. The highest BCUT2D eigenvalue weighted by molar-refractivity contribution is 7.80. The first-order valence-corrected chi connectivity index (χ1v) is 11.1. The SMILES string of the molecule is CC(c1cccc(C(=O)c2ccccc2)c1)c1nc(NC(=S)NC(=O)c2ccccc2)n(C)n1. The lowest BCUT2D eigenvalue weighted by atomic mass is 9.95. The second-order valence-corrected chi connectivity index (χ2v) is 8.14. The Morgan fingerprint density at radius 1 is 0.882 bits per heavy atom. The molecule has 4 rings (SSSR count). The highest BCUT2D eigenvalue weighted by Gasteiger charge is 2.19. The topological polar surface area (TPSA) is 88.9 Å². The number of amides is 1. The van der Waals surface area contributed by atoms with E-state index in [1.807, 2.05) is 49.4 Å². The van der Waals surface area contributed by atoms with E-state index in [0.29, 0.717) is 28.5 Å². The quantitative estimate of drug-likeness (QED) is 0.323. The average Bonchev–Trinajstić information content (AvgIpc) is 3.23. The van der Waals surface area contributed by atoms with Crippen molar-refractivity contribution in [3.63, 3.8) is 0 Å². The van der Waals surface area contributed by atoms with Crippen LogP contribution in [0.15, 0.2) is 84.9 Å². The lowest BCUT2D eigenvalue weighted by Crippen LogP contribution is -2.34. The van der Waals surface area contributed by atoms with Crippen molar-refractivity contribution in [2.24, 2.45) is 7.05 Å². The molecule has 0 saturated carbocycles. The lowest BCUT2D eigenvalue weighted by molar-refractivity contribution is 0.0976. The summed E-state index contributed by atoms with van der Waals surface area (Å²) in [5, 5.41) is 10.2. The summed E-state index contributed by atoms with van der Waals surface area (Å²) in [5.74, 6) is 0.445. The van der Waals surface area contributed by atoms with Crippen LogP contribution in [0, 0.1) is 0 Å². The number of ketones is 1. The molecule has 0 aliphatic carbocycles. The van der Waals surface area contributed by atoms with Crippen LogP contribution in [-0.2, 0) is 7.05 Å². The van der Waals surface area contributed by atoms with Crippen LogP contribution >= 0.6 is 12.2 Å². The Morgan fingerprint density at radius 3 is 2.18 bits per heavy atom. The van der Waals surface area contributed by atoms with Crippen molar-refractivity contribution in [1.29, 1.82) is 0 Å². The number of hydrogen-bond donors (Lipinski definition) is 2. The number of nitrogens with one attached hydrogen (secondary N) is 2. The summed E-state index contributed by atoms with van der Waals surface area (Å²) in [6.07, 6.45) is 0. The maximum atomic E-state index is 12.8. The van der Waals surface area contributed by atoms with Crippen molar-refractivity contribution in [2.45, 2.75) is 12.8 Å². The van der Waals surface area contributed by atoms with Gasteiger partial charge in [-0.15, -0.1) is 0 Å². The minimum absolute atomic E-state index is 0.0366. The minimum atomic E-state index is -0.311. The standard InChI is InChI=1S/C26H23N5O2S/c1-17(20-14-9-15-21(16-20)22(32)18-10-5-3-6-11-18)23-27-25(31(2)30-23)29-26(34)28-24(33)19-12-7-4-8-13-19/h3-17H,1-2H3,(H2,27,28,29,30,33,34). The van der Waals surface area contributed by atoms with E-state index in [1.165, 1.54) is 0 Å². The number of nitrogens with zero attached hydrogens (tertiary/aromatic N) is 3. The van der Waals surface area contributed by atoms with Gasteiger partial charge in [0, 0.05) is 29.7 Å². The highest BCUT2D eigenvalue weighted by Crippen LogP contribution is 2.24. The van der Waals surface area contributed by atoms with Gasteiger partial charge < -0.3 is 5.32 Å². The molecule has 1 amide bonds. The fourth-order valence-corrected chi connectivity index (χ4v) is 3.63. The average molecular weight is 470 g/mol. The number of benzene rings is 3. The predicted octanol–water partition coefficient (Wildman–Crippen LogP) is 4.32. The third-order valence-electron chi connectivity index (χ3n) is 5.34. The Kier molecular flexibility index (Phi) is 6.89. The van der Waals surface area contributed by atoms with Crippen LogP contribution in [0.2, 0.25) is 0 Å². The van der Waals surface area contributed by atoms with Crippen molar-refractivity contribution in [1.82, 2.24) is 20.1 Å². The van der Waals surface area contributed by atoms with Crippen LogP contribution in [0.25, 0.3) is 0 Å². The molecule has 34 heavy (non-hydrogen) atoms. The van der Waals surface area contributed by atoms with E-state index < -0.39 is 0 Å². The van der Waals surface area contributed by atoms with E-state index in [1.54, 1.807) is 54.2 Å². The van der Waals surface area contributed by atoms with Crippen molar-refractivity contribution < 1.29 is 9.59 Å². The molecule has 2 N–H and O–H groups in total. The van der Waals surface area contributed by atoms with Crippen LogP contribution in [0.3, 0.4) is 0 Å². The smallest absolute Gasteiger partial charge is 0.257 e. The molecule has 0 bridgehead atoms. The summed E-state index contributed by atoms with van der Waals surface area (Å²) >= 11 is 5.27. The zero-order chi connectivity index (χ0) is 24.1. The summed E-state index contributed by atoms with van der Waals surface area (Å²) in [4.78, 5) is 29.7. The lowest BCUT2D eigenvalue weighted by Gasteiger charge is -2.10. The summed E-state index contributed by atoms with van der Waals surface area (Å²) in [5.41, 5.74) is 2.66. The van der Waals surface area contributed by atoms with Gasteiger partial charge in [-0.3, -0.25) is 14.9 Å². The number of anilines is 1. The van der Waals surface area contributed by atoms with Crippen LogP contribution in [0.5, 0.6) is 0 Å². The summed E-state index contributed by atoms with van der Waals surface area (Å²) < 4.78 is 1.56. The van der Waals surface area contributed by atoms with Gasteiger partial charge in [-0.25, -0.2) is 4.68 Å². The van der Waals surface area contributed by atoms with Gasteiger partial charge in [0.1, 0.15) is 0 Å². The molecule has 0 spiro atoms. The van der Waals surface area contributed by atoms with Crippen LogP contribution in [0.4, 0.5) is 5.95 Å². The molecule has 7 nitrogen and oxygen atoms in total. The largest absolute Gasteiger partial charge is 0.301 e. The molecule has 1 atom stereocenters. The fraction of sp³-hybridized carbons (Fsp3) is 0.115. The van der Waals surface area contributed by atoms with Gasteiger partial charge in [0.2, 0.25) is 5.95 Å². The van der Waals surface area contributed by atoms with Gasteiger partial charge in [-0.05, 0) is 36.0 Å². The molecule has 0 radical (unpaired) electrons. The van der Waals surface area contributed by atoms with Gasteiger partial charge in [-0.2, -0.15) is 10.1 Å². The van der Waals surface area contributed by atoms with Crippen LogP contribution in [0.1, 0.15) is 50.5 Å². The number of rotatable bonds is 6. The molecule has 0 fully saturated rings. The third kappa shape index (κ3) is 5.24. The molecule has 1 unspecified atom stereocenters. The van der Waals surface area contributed by atoms with Crippen molar-refractivity contribution in [3.8, 4) is 0 Å². The van der Waals surface area contributed by atoms with Crippen molar-refractivity contribution in [3.05, 3.63) is 113 Å². The van der Waals surface area contributed by atoms with Gasteiger partial charge in [0.25, 0.3) is 5.91 Å². The van der Waals surface area contributed by atoms with Gasteiger partial charge >= 0.3 is 0 Å². The maximum Gasteiger partial charge on any atom is 0.257 e. The Labute approximate surface area is 202 Å². The van der Waals surface area contributed by atoms with Crippen LogP contribution < -0.4 is 10.6 Å². The second kappa shape index (κ2) is 10.2. The summed E-state index contributed by atoms with van der Waals surface area (Å²) in [6, 6.07) is 25.5. The number of hydrogen-bond acceptors (Lipinski definition) is 5. The van der Waals surface area contributed by atoms with Gasteiger partial charge in [0.05, 0.1) is 0 Å². The molecular formula is C26H23N5O2S. The third-order valence-corrected chi connectivity index (χ3v) is 5.54. The van der Waals surface area contributed by atoms with E-state index in [9.17, 15) is 9.59 Å². The molecule has 4 aromatic rings. The normalized spacial score (nSPS) is 11.5. The first kappa shape index (κ1) is 23.0. The van der Waals surface area contributed by atoms with Crippen LogP contribution in [-0.4, -0.2) is 31.6 Å². The summed E-state index contributed by atoms with van der Waals surface area (Å²) in [7, 11) is 1.74. The first-order chi connectivity index (χ1) is 16.4. The van der Waals surface area contributed by atoms with E-state index in [2.05, 4.69) is 20.7 Å². The number of thiocarbonyl (C=S) groups is 1. The number of carbonyl (C=O) groups is 2. The second-order valence-electron chi connectivity index (χ2n) is 7.73. The molecule has 170 valence electrons. The molecule has 0 aliphatic rings. The fourth-order valence-electron chi connectivity index (χ4n) is 3.45. The highest BCUT2D eigenvalue weighted by atomic mass is 32.1. The van der Waals surface area contributed by atoms with Gasteiger partial charge in [-0.1, -0.05) is 73.7 Å². The molecule has 3 aromatic carbocycles. The minimum Gasteiger partial charge on any atom is -0.301 e. The zero-order valence-electron chi connectivity index (χ0n) is 18.7. The molecule has 0 saturated heterocycles. The van der Waals surface area contributed by atoms with Gasteiger partial charge in [0.15, 0.2) is 16.7 Å². The molecular weight excluding hydrogens is 446 g/mol. The molecule has 8 heteroatoms. The number of aryl methyl sites for hydroxylation is 1. The van der Waals surface area contributed by atoms with E-state index in [-0.39, 0.29) is 22.7 Å². The Morgan fingerprint density at radius 2 is 1.50 bits per heavy atom. The summed E-state index contributed by atoms with van der Waals surface area (Å²) in [6.45, 7) is 1.97. The molecule has 0 aliphatic heterocycles.